The maximum Gasteiger partial charge on any atom is 0.305 e. The lowest BCUT2D eigenvalue weighted by Crippen LogP contribution is -2.63. The Balaban J connectivity index is 1.58. The average molecular weight is 614 g/mol. The van der Waals surface area contributed by atoms with Crippen molar-refractivity contribution in [1.29, 1.82) is 0 Å². The Morgan fingerprint density at radius 3 is 2.31 bits per heavy atom. The predicted molar refractivity (Wildman–Crippen MR) is 140 cm³/mol. The van der Waals surface area contributed by atoms with Gasteiger partial charge in [0.1, 0.15) is 12.6 Å². The van der Waals surface area contributed by atoms with Crippen molar-refractivity contribution in [2.75, 3.05) is 26.2 Å². The fraction of sp³-hybridized carbons (Fsp3) is 0.429. The first-order chi connectivity index (χ1) is 20.0. The highest BCUT2D eigenvalue weighted by molar-refractivity contribution is 6.30. The van der Waals surface area contributed by atoms with Crippen molar-refractivity contribution in [3.8, 4) is 5.75 Å². The summed E-state index contributed by atoms with van der Waals surface area (Å²) in [5.41, 5.74) is 0.771. The van der Waals surface area contributed by atoms with Gasteiger partial charge < -0.3 is 14.7 Å². The van der Waals surface area contributed by atoms with Crippen LogP contribution in [0, 0.1) is 29.2 Å². The molecule has 2 aliphatic rings. The summed E-state index contributed by atoms with van der Waals surface area (Å²) in [6, 6.07) is 5.16. The van der Waals surface area contributed by atoms with E-state index in [9.17, 15) is 41.8 Å². The molecule has 1 heterocycles. The molecule has 0 aromatic heterocycles. The van der Waals surface area contributed by atoms with Crippen LogP contribution in [-0.4, -0.2) is 75.9 Å². The Hall–Kier alpha value is -3.71. The number of ether oxygens (including phenoxy) is 1. The number of Topliss-reactive ketones (excluding diaryl/α,β-unsaturated/α-hetero) is 1. The quantitative estimate of drug-likeness (QED) is 0.302. The minimum absolute atomic E-state index is 0.0301. The topological polar surface area (TPSA) is 107 Å². The lowest BCUT2D eigenvalue weighted by atomic mass is 10.0. The van der Waals surface area contributed by atoms with Gasteiger partial charge in [-0.1, -0.05) is 36.6 Å². The molecule has 0 bridgehead atoms. The highest BCUT2D eigenvalue weighted by Gasteiger charge is 2.42. The van der Waals surface area contributed by atoms with Gasteiger partial charge >= 0.3 is 5.97 Å². The molecule has 1 aliphatic carbocycles. The number of carboxylic acids is 1. The van der Waals surface area contributed by atoms with E-state index in [1.165, 1.54) is 9.91 Å². The lowest BCUT2D eigenvalue weighted by Gasteiger charge is -2.44. The zero-order valence-electron chi connectivity index (χ0n) is 22.3. The van der Waals surface area contributed by atoms with Crippen molar-refractivity contribution in [3.05, 3.63) is 64.2 Å². The van der Waals surface area contributed by atoms with Gasteiger partial charge in [0.2, 0.25) is 23.4 Å². The number of ketones is 1. The summed E-state index contributed by atoms with van der Waals surface area (Å²) in [6.07, 6.45) is 1.53. The van der Waals surface area contributed by atoms with E-state index in [1.54, 1.807) is 24.3 Å². The van der Waals surface area contributed by atoms with Crippen molar-refractivity contribution in [2.24, 2.45) is 5.92 Å². The van der Waals surface area contributed by atoms with Crippen LogP contribution in [0.3, 0.4) is 0 Å². The standard InChI is InChI=1S/C28H28ClF4N3O6/c29-18-7-3-4-16(10-18)13-34-8-9-35(14-23(34)38)36(28(41)17-5-1-2-6-17)21(12-24(39)40)22(37)15-42-27-25(32)19(30)11-20(31)26(27)33/h3-4,7,10-11,17,21H,1-2,5-6,8-9,12-15H2,(H,39,40)/t21-/m0/s1. The van der Waals surface area contributed by atoms with Crippen LogP contribution in [0.1, 0.15) is 37.7 Å². The van der Waals surface area contributed by atoms with E-state index in [4.69, 9.17) is 16.3 Å². The third kappa shape index (κ3) is 7.19. The molecule has 2 aromatic rings. The fourth-order valence-corrected chi connectivity index (χ4v) is 5.39. The van der Waals surface area contributed by atoms with Crippen molar-refractivity contribution in [3.63, 3.8) is 0 Å². The summed E-state index contributed by atoms with van der Waals surface area (Å²) in [5.74, 6) is -12.8. The molecule has 1 atom stereocenters. The van der Waals surface area contributed by atoms with Crippen LogP contribution in [0.5, 0.6) is 5.75 Å². The second-order valence-electron chi connectivity index (χ2n) is 10.2. The number of benzene rings is 2. The van der Waals surface area contributed by atoms with Crippen LogP contribution in [0.15, 0.2) is 30.3 Å². The molecule has 2 fully saturated rings. The maximum atomic E-state index is 14.1. The van der Waals surface area contributed by atoms with Crippen LogP contribution < -0.4 is 4.74 Å². The number of hydrogen-bond donors (Lipinski definition) is 1. The molecular weight excluding hydrogens is 586 g/mol. The monoisotopic (exact) mass is 613 g/mol. The summed E-state index contributed by atoms with van der Waals surface area (Å²) in [6.45, 7) is -1.14. The van der Waals surface area contributed by atoms with E-state index in [0.29, 0.717) is 17.9 Å². The Kier molecular flexibility index (Phi) is 10.0. The molecule has 1 saturated heterocycles. The Morgan fingerprint density at radius 1 is 1.05 bits per heavy atom. The lowest BCUT2D eigenvalue weighted by molar-refractivity contribution is -0.175. The number of aliphatic carboxylic acids is 1. The van der Waals surface area contributed by atoms with Gasteiger partial charge in [-0.25, -0.2) is 13.8 Å². The molecule has 2 aromatic carbocycles. The molecule has 0 radical (unpaired) electrons. The smallest absolute Gasteiger partial charge is 0.305 e. The predicted octanol–water partition coefficient (Wildman–Crippen LogP) is 3.97. The van der Waals surface area contributed by atoms with Gasteiger partial charge in [-0.05, 0) is 30.5 Å². The molecule has 0 unspecified atom stereocenters. The Bertz CT molecular complexity index is 1350. The molecular formula is C28H28ClF4N3O6. The van der Waals surface area contributed by atoms with Crippen LogP contribution in [0.2, 0.25) is 5.02 Å². The van der Waals surface area contributed by atoms with Gasteiger partial charge in [0.25, 0.3) is 0 Å². The number of carbonyl (C=O) groups excluding carboxylic acids is 3. The van der Waals surface area contributed by atoms with Gasteiger partial charge in [0.05, 0.1) is 13.0 Å². The first-order valence-electron chi connectivity index (χ1n) is 13.3. The third-order valence-corrected chi connectivity index (χ3v) is 7.50. The third-order valence-electron chi connectivity index (χ3n) is 7.26. The van der Waals surface area contributed by atoms with Crippen LogP contribution >= 0.6 is 11.6 Å². The summed E-state index contributed by atoms with van der Waals surface area (Å²) in [7, 11) is 0. The molecule has 226 valence electrons. The number of rotatable bonds is 11. The average Bonchev–Trinajstić information content (AvgIpc) is 3.48. The van der Waals surface area contributed by atoms with E-state index in [2.05, 4.69) is 0 Å². The number of piperazine rings is 1. The number of amides is 2. The minimum atomic E-state index is -1.88. The van der Waals surface area contributed by atoms with Crippen molar-refractivity contribution in [2.45, 2.75) is 44.7 Å². The maximum absolute atomic E-state index is 14.1. The second-order valence-corrected chi connectivity index (χ2v) is 10.6. The zero-order valence-corrected chi connectivity index (χ0v) is 23.1. The summed E-state index contributed by atoms with van der Waals surface area (Å²) in [5, 5.41) is 12.3. The molecule has 1 aliphatic heterocycles. The Morgan fingerprint density at radius 2 is 1.71 bits per heavy atom. The highest BCUT2D eigenvalue weighted by atomic mass is 35.5. The van der Waals surface area contributed by atoms with Crippen LogP contribution in [0.25, 0.3) is 0 Å². The van der Waals surface area contributed by atoms with Crippen LogP contribution in [-0.2, 0) is 25.7 Å². The normalized spacial score (nSPS) is 16.9. The highest BCUT2D eigenvalue weighted by Crippen LogP contribution is 2.30. The van der Waals surface area contributed by atoms with E-state index < -0.39 is 77.6 Å². The van der Waals surface area contributed by atoms with E-state index in [-0.39, 0.29) is 32.2 Å². The first kappa shape index (κ1) is 31.2. The van der Waals surface area contributed by atoms with Crippen LogP contribution in [0.4, 0.5) is 17.6 Å². The van der Waals surface area contributed by atoms with Crippen molar-refractivity contribution < 1.29 is 46.6 Å². The second kappa shape index (κ2) is 13.5. The van der Waals surface area contributed by atoms with Gasteiger partial charge in [-0.15, -0.1) is 0 Å². The van der Waals surface area contributed by atoms with E-state index >= 15 is 0 Å². The molecule has 9 nitrogen and oxygen atoms in total. The molecule has 14 heteroatoms. The van der Waals surface area contributed by atoms with Gasteiger partial charge in [-0.2, -0.15) is 8.78 Å². The number of carboxylic acid groups (broad SMARTS) is 1. The number of carbonyl (C=O) groups is 4. The number of hydrazine groups is 1. The molecule has 2 amide bonds. The molecule has 1 N–H and O–H groups in total. The summed E-state index contributed by atoms with van der Waals surface area (Å²) < 4.78 is 60.3. The Labute approximate surface area is 243 Å². The molecule has 1 saturated carbocycles. The summed E-state index contributed by atoms with van der Waals surface area (Å²) >= 11 is 6.04. The fourth-order valence-electron chi connectivity index (χ4n) is 5.17. The SMILES string of the molecule is O=C(O)C[C@@H](C(=O)COc1c(F)c(F)cc(F)c1F)N(C(=O)C1CCCC1)N1CCN(Cc2cccc(Cl)c2)C(=O)C1. The van der Waals surface area contributed by atoms with E-state index in [1.807, 2.05) is 0 Å². The molecule has 0 spiro atoms. The molecule has 4 rings (SSSR count). The zero-order chi connectivity index (χ0) is 30.6. The number of hydrogen-bond acceptors (Lipinski definition) is 6. The summed E-state index contributed by atoms with van der Waals surface area (Å²) in [4.78, 5) is 53.5. The minimum Gasteiger partial charge on any atom is -0.481 e. The molecule has 42 heavy (non-hydrogen) atoms. The number of nitrogens with zero attached hydrogens (tertiary/aromatic N) is 3. The van der Waals surface area contributed by atoms with Gasteiger partial charge in [0, 0.05) is 36.6 Å². The van der Waals surface area contributed by atoms with Crippen molar-refractivity contribution >= 4 is 35.2 Å². The van der Waals surface area contributed by atoms with Crippen molar-refractivity contribution in [1.82, 2.24) is 14.9 Å². The first-order valence-corrected chi connectivity index (χ1v) is 13.6. The van der Waals surface area contributed by atoms with Gasteiger partial charge in [0.15, 0.2) is 23.2 Å². The number of halogens is 5. The largest absolute Gasteiger partial charge is 0.481 e. The van der Waals surface area contributed by atoms with E-state index in [0.717, 1.165) is 23.4 Å². The van der Waals surface area contributed by atoms with Gasteiger partial charge in [-0.3, -0.25) is 24.2 Å².